The van der Waals surface area contributed by atoms with Gasteiger partial charge in [-0.05, 0) is 17.7 Å². The van der Waals surface area contributed by atoms with E-state index in [1.165, 1.54) is 0 Å². The van der Waals surface area contributed by atoms with Gasteiger partial charge in [-0.3, -0.25) is 4.79 Å². The topological polar surface area (TPSA) is 29.1 Å². The molecule has 0 aliphatic heterocycles. The first-order chi connectivity index (χ1) is 9.99. The minimum absolute atomic E-state index is 0.141. The molecule has 6 heteroatoms. The van der Waals surface area contributed by atoms with Crippen molar-refractivity contribution in [1.82, 2.24) is 5.32 Å². The summed E-state index contributed by atoms with van der Waals surface area (Å²) in [5, 5.41) is 2.53. The number of amides is 1. The number of halogens is 4. The standard InChI is InChI=1S/C15H11BrF3NO/c16-11(9-4-2-1-3-5-9)8-20-15(21)10-6-12(17)14(19)13(18)7-10/h1-7,11H,8H2,(H,20,21). The van der Waals surface area contributed by atoms with Gasteiger partial charge in [0, 0.05) is 12.1 Å². The van der Waals surface area contributed by atoms with E-state index >= 15 is 0 Å². The van der Waals surface area contributed by atoms with Crippen LogP contribution in [0.4, 0.5) is 13.2 Å². The van der Waals surface area contributed by atoms with Crippen LogP contribution in [-0.2, 0) is 0 Å². The first-order valence-electron chi connectivity index (χ1n) is 6.11. The Labute approximate surface area is 128 Å². The minimum atomic E-state index is -1.59. The number of carbonyl (C=O) groups is 1. The second kappa shape index (κ2) is 6.76. The van der Waals surface area contributed by atoms with Gasteiger partial charge in [0.05, 0.1) is 4.83 Å². The first-order valence-corrected chi connectivity index (χ1v) is 7.02. The highest BCUT2D eigenvalue weighted by Gasteiger charge is 2.16. The van der Waals surface area contributed by atoms with Gasteiger partial charge < -0.3 is 5.32 Å². The molecule has 2 aromatic rings. The van der Waals surface area contributed by atoms with E-state index in [-0.39, 0.29) is 16.9 Å². The Morgan fingerprint density at radius 1 is 1.10 bits per heavy atom. The largest absolute Gasteiger partial charge is 0.351 e. The molecule has 0 aliphatic rings. The molecule has 1 unspecified atom stereocenters. The zero-order valence-corrected chi connectivity index (χ0v) is 12.3. The number of hydrogen-bond donors (Lipinski definition) is 1. The molecule has 0 aliphatic carbocycles. The van der Waals surface area contributed by atoms with Crippen molar-refractivity contribution in [2.24, 2.45) is 0 Å². The molecule has 110 valence electrons. The van der Waals surface area contributed by atoms with Crippen molar-refractivity contribution in [3.63, 3.8) is 0 Å². The molecule has 0 spiro atoms. The van der Waals surface area contributed by atoms with Crippen LogP contribution in [0.5, 0.6) is 0 Å². The summed E-state index contributed by atoms with van der Waals surface area (Å²) in [5.74, 6) is -5.04. The maximum atomic E-state index is 13.1. The number of hydrogen-bond acceptors (Lipinski definition) is 1. The van der Waals surface area contributed by atoms with Crippen LogP contribution in [0.25, 0.3) is 0 Å². The summed E-state index contributed by atoms with van der Waals surface area (Å²) in [6.07, 6.45) is 0. The normalized spacial score (nSPS) is 12.0. The van der Waals surface area contributed by atoms with Gasteiger partial charge in [-0.2, -0.15) is 0 Å². The van der Waals surface area contributed by atoms with Gasteiger partial charge in [0.25, 0.3) is 5.91 Å². The Bertz CT molecular complexity index is 626. The molecule has 2 rings (SSSR count). The number of benzene rings is 2. The van der Waals surface area contributed by atoms with Gasteiger partial charge in [0.15, 0.2) is 17.5 Å². The number of carbonyl (C=O) groups excluding carboxylic acids is 1. The van der Waals surface area contributed by atoms with Gasteiger partial charge in [-0.1, -0.05) is 46.3 Å². The van der Waals surface area contributed by atoms with Crippen molar-refractivity contribution in [2.75, 3.05) is 6.54 Å². The Balaban J connectivity index is 2.02. The summed E-state index contributed by atoms with van der Waals surface area (Å²) in [7, 11) is 0. The summed E-state index contributed by atoms with van der Waals surface area (Å²) in [6.45, 7) is 0.226. The molecule has 0 heterocycles. The number of nitrogens with one attached hydrogen (secondary N) is 1. The SMILES string of the molecule is O=C(NCC(Br)c1ccccc1)c1cc(F)c(F)c(F)c1. The maximum Gasteiger partial charge on any atom is 0.251 e. The van der Waals surface area contributed by atoms with Crippen molar-refractivity contribution in [1.29, 1.82) is 0 Å². The lowest BCUT2D eigenvalue weighted by atomic mass is 10.1. The molecule has 2 aromatic carbocycles. The van der Waals surface area contributed by atoms with Crippen LogP contribution in [-0.4, -0.2) is 12.5 Å². The van der Waals surface area contributed by atoms with E-state index in [0.29, 0.717) is 12.1 Å². The Morgan fingerprint density at radius 3 is 2.24 bits per heavy atom. The van der Waals surface area contributed by atoms with Crippen molar-refractivity contribution in [3.8, 4) is 0 Å². The van der Waals surface area contributed by atoms with E-state index in [9.17, 15) is 18.0 Å². The smallest absolute Gasteiger partial charge is 0.251 e. The van der Waals surface area contributed by atoms with E-state index in [1.54, 1.807) is 0 Å². The lowest BCUT2D eigenvalue weighted by molar-refractivity contribution is 0.0953. The van der Waals surface area contributed by atoms with Gasteiger partial charge in [0.1, 0.15) is 0 Å². The molecule has 21 heavy (non-hydrogen) atoms. The lowest BCUT2D eigenvalue weighted by Crippen LogP contribution is -2.27. The van der Waals surface area contributed by atoms with E-state index in [2.05, 4.69) is 21.2 Å². The number of alkyl halides is 1. The van der Waals surface area contributed by atoms with E-state index in [0.717, 1.165) is 5.56 Å². The Morgan fingerprint density at radius 2 is 1.67 bits per heavy atom. The van der Waals surface area contributed by atoms with Crippen LogP contribution in [0.15, 0.2) is 42.5 Å². The predicted molar refractivity (Wildman–Crippen MR) is 76.8 cm³/mol. The van der Waals surface area contributed by atoms with Crippen LogP contribution in [0.1, 0.15) is 20.7 Å². The summed E-state index contributed by atoms with van der Waals surface area (Å²) in [5.41, 5.74) is 0.688. The third-order valence-corrected chi connectivity index (χ3v) is 3.70. The van der Waals surface area contributed by atoms with E-state index in [4.69, 9.17) is 0 Å². The average molecular weight is 358 g/mol. The van der Waals surface area contributed by atoms with Crippen molar-refractivity contribution < 1.29 is 18.0 Å². The van der Waals surface area contributed by atoms with Crippen molar-refractivity contribution in [3.05, 3.63) is 71.0 Å². The average Bonchev–Trinajstić information content (AvgIpc) is 2.50. The van der Waals surface area contributed by atoms with Crippen LogP contribution >= 0.6 is 15.9 Å². The van der Waals surface area contributed by atoms with E-state index in [1.807, 2.05) is 30.3 Å². The Hall–Kier alpha value is -1.82. The predicted octanol–water partition coefficient (Wildman–Crippen LogP) is 3.97. The highest BCUT2D eigenvalue weighted by Crippen LogP contribution is 2.21. The summed E-state index contributed by atoms with van der Waals surface area (Å²) in [4.78, 5) is 11.7. The fourth-order valence-electron chi connectivity index (χ4n) is 1.75. The summed E-state index contributed by atoms with van der Waals surface area (Å²) < 4.78 is 38.9. The van der Waals surface area contributed by atoms with Crippen LogP contribution in [0.3, 0.4) is 0 Å². The molecular weight excluding hydrogens is 347 g/mol. The third-order valence-electron chi connectivity index (χ3n) is 2.85. The molecule has 1 atom stereocenters. The van der Waals surface area contributed by atoms with Crippen molar-refractivity contribution >= 4 is 21.8 Å². The zero-order valence-electron chi connectivity index (χ0n) is 10.7. The molecule has 2 nitrogen and oxygen atoms in total. The van der Waals surface area contributed by atoms with Gasteiger partial charge >= 0.3 is 0 Å². The molecule has 1 N–H and O–H groups in total. The third kappa shape index (κ3) is 3.85. The monoisotopic (exact) mass is 357 g/mol. The molecule has 0 saturated carbocycles. The van der Waals surface area contributed by atoms with Crippen LogP contribution < -0.4 is 5.32 Å². The molecule has 0 aromatic heterocycles. The quantitative estimate of drug-likeness (QED) is 0.651. The molecule has 0 fully saturated rings. The second-order valence-electron chi connectivity index (χ2n) is 4.34. The second-order valence-corrected chi connectivity index (χ2v) is 5.45. The van der Waals surface area contributed by atoms with Crippen LogP contribution in [0, 0.1) is 17.5 Å². The Kier molecular flexibility index (Phi) is 5.01. The maximum absolute atomic E-state index is 13.1. The molecule has 1 amide bonds. The zero-order chi connectivity index (χ0) is 15.4. The summed E-state index contributed by atoms with van der Waals surface area (Å²) >= 11 is 3.40. The molecule has 0 bridgehead atoms. The lowest BCUT2D eigenvalue weighted by Gasteiger charge is -2.12. The number of rotatable bonds is 4. The van der Waals surface area contributed by atoms with Crippen LogP contribution in [0.2, 0.25) is 0 Å². The molecule has 0 radical (unpaired) electrons. The summed E-state index contributed by atoms with van der Waals surface area (Å²) in [6, 6.07) is 10.7. The fourth-order valence-corrected chi connectivity index (χ4v) is 2.22. The van der Waals surface area contributed by atoms with Gasteiger partial charge in [-0.15, -0.1) is 0 Å². The highest BCUT2D eigenvalue weighted by molar-refractivity contribution is 9.09. The minimum Gasteiger partial charge on any atom is -0.351 e. The van der Waals surface area contributed by atoms with E-state index < -0.39 is 23.4 Å². The van der Waals surface area contributed by atoms with Crippen molar-refractivity contribution in [2.45, 2.75) is 4.83 Å². The fraction of sp³-hybridized carbons (Fsp3) is 0.133. The highest BCUT2D eigenvalue weighted by atomic mass is 79.9. The van der Waals surface area contributed by atoms with Gasteiger partial charge in [-0.25, -0.2) is 13.2 Å². The molecule has 0 saturated heterocycles. The molecular formula is C15H11BrF3NO. The first kappa shape index (κ1) is 15.6. The van der Waals surface area contributed by atoms with Gasteiger partial charge in [0.2, 0.25) is 0 Å².